The summed E-state index contributed by atoms with van der Waals surface area (Å²) < 4.78 is 5.40. The Hall–Kier alpha value is -4.56. The molecule has 20 heteroatoms. The Labute approximate surface area is 242 Å². The lowest BCUT2D eigenvalue weighted by molar-refractivity contribution is -0.150. The highest BCUT2D eigenvalue weighted by Gasteiger charge is 2.54. The number of hydrogen-bond acceptors (Lipinski definition) is 15. The Morgan fingerprint density at radius 3 is 2.71 bits per heavy atom. The van der Waals surface area contributed by atoms with E-state index < -0.39 is 47.5 Å². The fourth-order valence-electron chi connectivity index (χ4n) is 3.82. The molecule has 1 fully saturated rings. The maximum atomic E-state index is 13.1. The van der Waals surface area contributed by atoms with Crippen LogP contribution in [-0.4, -0.2) is 104 Å². The van der Waals surface area contributed by atoms with Crippen molar-refractivity contribution in [1.29, 1.82) is 0 Å². The molecule has 1 unspecified atom stereocenters. The number of carbonyl (C=O) groups excluding carboxylic acids is 2. The van der Waals surface area contributed by atoms with Gasteiger partial charge in [-0.2, -0.15) is 14.0 Å². The Balaban J connectivity index is 1.30. The molecule has 0 radical (unpaired) electrons. The molecule has 2 atom stereocenters. The molecular weight excluding hydrogens is 600 g/mol. The van der Waals surface area contributed by atoms with Gasteiger partial charge >= 0.3 is 11.9 Å². The summed E-state index contributed by atoms with van der Waals surface area (Å²) in [5, 5.41) is 36.2. The van der Waals surface area contributed by atoms with Crippen molar-refractivity contribution in [3.05, 3.63) is 47.4 Å². The number of amides is 2. The quantitative estimate of drug-likeness (QED) is 0.0910. The number of thioether (sulfide) groups is 2. The number of benzene rings is 1. The molecule has 1 saturated heterocycles. The molecule has 1 aromatic carbocycles. The van der Waals surface area contributed by atoms with E-state index in [1.807, 2.05) is 30.3 Å². The predicted octanol–water partition coefficient (Wildman–Crippen LogP) is -0.568. The number of tetrazole rings is 1. The van der Waals surface area contributed by atoms with Crippen molar-refractivity contribution in [3.8, 4) is 5.69 Å². The first-order chi connectivity index (χ1) is 19.7. The number of carboxylic acid groups (broad SMARTS) is 2. The number of nitrogens with one attached hydrogen (secondary N) is 1. The van der Waals surface area contributed by atoms with Gasteiger partial charge in [0.15, 0.2) is 5.13 Å². The Morgan fingerprint density at radius 2 is 2.02 bits per heavy atom. The zero-order valence-electron chi connectivity index (χ0n) is 20.5. The second kappa shape index (κ2) is 11.9. The molecule has 5 N–H and O–H groups in total. The molecule has 5 rings (SSSR count). The zero-order chi connectivity index (χ0) is 29.1. The minimum absolute atomic E-state index is 0.0203. The van der Waals surface area contributed by atoms with Gasteiger partial charge in [-0.05, 0) is 28.1 Å². The Kier molecular flexibility index (Phi) is 8.12. The van der Waals surface area contributed by atoms with E-state index >= 15 is 0 Å². The van der Waals surface area contributed by atoms with Gasteiger partial charge in [-0.1, -0.05) is 35.1 Å². The van der Waals surface area contributed by atoms with Crippen molar-refractivity contribution >= 4 is 69.7 Å². The number of hydrogen-bond donors (Lipinski definition) is 4. The maximum Gasteiger partial charge on any atom is 0.352 e. The average molecular weight is 619 g/mol. The van der Waals surface area contributed by atoms with Crippen LogP contribution in [-0.2, 0) is 24.0 Å². The zero-order valence-corrected chi connectivity index (χ0v) is 22.9. The van der Waals surface area contributed by atoms with Crippen LogP contribution in [0, 0.1) is 0 Å². The standard InChI is InChI=1S/C21H18N10O7S3/c22-20-24-15(27-41-20)12(26-38-6-11(32)33)16(34)23-13-17(35)30-14(19(36)37)9(7-39-18(13)30)8-40-21-25-28-29-31(21)10-4-2-1-3-5-10/h1-5,13,18H,6-8H2,(H,23,34)(H,32,33)(H,36,37)(H2,22,24,27)/t13?,18-/m1/s1. The number of nitrogen functional groups attached to an aromatic ring is 1. The lowest BCUT2D eigenvalue weighted by Gasteiger charge is -2.49. The molecule has 3 aromatic rings. The van der Waals surface area contributed by atoms with Gasteiger partial charge in [0.05, 0.1) is 5.69 Å². The molecule has 17 nitrogen and oxygen atoms in total. The van der Waals surface area contributed by atoms with Crippen molar-refractivity contribution in [1.82, 2.24) is 39.8 Å². The topological polar surface area (TPSA) is 241 Å². The summed E-state index contributed by atoms with van der Waals surface area (Å²) in [5.41, 5.74) is 6.12. The van der Waals surface area contributed by atoms with Crippen LogP contribution >= 0.6 is 35.1 Å². The smallest absolute Gasteiger partial charge is 0.352 e. The molecule has 2 aliphatic heterocycles. The first-order valence-corrected chi connectivity index (χ1v) is 14.2. The summed E-state index contributed by atoms with van der Waals surface area (Å²) in [6, 6.07) is 8.07. The Morgan fingerprint density at radius 1 is 1.24 bits per heavy atom. The Bertz CT molecular complexity index is 1570. The van der Waals surface area contributed by atoms with Crippen molar-refractivity contribution in [2.45, 2.75) is 16.6 Å². The van der Waals surface area contributed by atoms with Gasteiger partial charge in [0.2, 0.25) is 23.3 Å². The van der Waals surface area contributed by atoms with E-state index in [2.05, 4.69) is 40.2 Å². The third-order valence-corrected chi connectivity index (χ3v) is 8.45. The highest BCUT2D eigenvalue weighted by Crippen LogP contribution is 2.41. The van der Waals surface area contributed by atoms with Crippen LogP contribution in [0.4, 0.5) is 5.13 Å². The molecule has 2 amide bonds. The van der Waals surface area contributed by atoms with Crippen molar-refractivity contribution < 1.29 is 34.2 Å². The molecule has 0 spiro atoms. The number of aliphatic carboxylic acids is 2. The summed E-state index contributed by atoms with van der Waals surface area (Å²) in [5.74, 6) is -3.97. The molecule has 0 saturated carbocycles. The van der Waals surface area contributed by atoms with Crippen molar-refractivity contribution in [2.75, 3.05) is 23.8 Å². The molecule has 4 heterocycles. The van der Waals surface area contributed by atoms with Gasteiger partial charge < -0.3 is 26.1 Å². The minimum Gasteiger partial charge on any atom is -0.479 e. The first-order valence-electron chi connectivity index (χ1n) is 11.4. The second-order valence-corrected chi connectivity index (χ2v) is 11.0. The monoisotopic (exact) mass is 618 g/mol. The normalized spacial score (nSPS) is 18.5. The minimum atomic E-state index is -1.33. The first kappa shape index (κ1) is 28.0. The second-order valence-electron chi connectivity index (χ2n) is 8.18. The summed E-state index contributed by atoms with van der Waals surface area (Å²) in [6.45, 7) is -0.837. The van der Waals surface area contributed by atoms with E-state index in [-0.39, 0.29) is 28.2 Å². The molecule has 2 aromatic heterocycles. The number of carboxylic acids is 2. The summed E-state index contributed by atoms with van der Waals surface area (Å²) >= 11 is 3.26. The van der Waals surface area contributed by atoms with Crippen molar-refractivity contribution in [3.63, 3.8) is 0 Å². The number of nitrogens with zero attached hydrogens (tertiary/aromatic N) is 8. The van der Waals surface area contributed by atoms with Crippen molar-refractivity contribution in [2.24, 2.45) is 5.16 Å². The third-order valence-electron chi connectivity index (χ3n) is 5.57. The number of β-lactam (4-membered cyclic amide) rings is 1. The van der Waals surface area contributed by atoms with E-state index in [0.29, 0.717) is 10.7 Å². The van der Waals surface area contributed by atoms with E-state index in [0.717, 1.165) is 22.1 Å². The number of rotatable bonds is 11. The van der Waals surface area contributed by atoms with E-state index in [9.17, 15) is 24.3 Å². The SMILES string of the molecule is Nc1nc(C(=NOCC(=O)O)C(=O)NC2C(=O)N3C(C(=O)O)=C(CSc4nnnn4-c4ccccc4)CS[C@H]23)ns1. The van der Waals surface area contributed by atoms with Crippen LogP contribution in [0.15, 0.2) is 51.9 Å². The molecule has 0 bridgehead atoms. The molecule has 212 valence electrons. The maximum absolute atomic E-state index is 13.1. The summed E-state index contributed by atoms with van der Waals surface area (Å²) in [6.07, 6.45) is 0. The summed E-state index contributed by atoms with van der Waals surface area (Å²) in [4.78, 5) is 58.7. The number of para-hydroxylation sites is 1. The molecule has 0 aliphatic carbocycles. The van der Waals surface area contributed by atoms with Gasteiger partial charge in [0, 0.05) is 23.0 Å². The highest BCUT2D eigenvalue weighted by atomic mass is 32.2. The summed E-state index contributed by atoms with van der Waals surface area (Å²) in [7, 11) is 0. The van der Waals surface area contributed by atoms with Gasteiger partial charge in [-0.25, -0.2) is 9.59 Å². The average Bonchev–Trinajstić information content (AvgIpc) is 3.61. The number of carbonyl (C=O) groups is 4. The van der Waals surface area contributed by atoms with Crippen LogP contribution in [0.25, 0.3) is 5.69 Å². The van der Waals surface area contributed by atoms with Crippen LogP contribution in [0.2, 0.25) is 0 Å². The van der Waals surface area contributed by atoms with Gasteiger partial charge in [-0.3, -0.25) is 14.5 Å². The molecule has 41 heavy (non-hydrogen) atoms. The van der Waals surface area contributed by atoms with Gasteiger partial charge in [0.1, 0.15) is 17.1 Å². The number of nitrogens with two attached hydrogens (primary N) is 1. The fraction of sp³-hybridized carbons (Fsp3) is 0.238. The van der Waals surface area contributed by atoms with E-state index in [4.69, 9.17) is 10.8 Å². The number of anilines is 1. The number of aromatic nitrogens is 6. The fourth-order valence-corrected chi connectivity index (χ4v) is 6.63. The number of oxime groups is 1. The third kappa shape index (κ3) is 5.83. The van der Waals surface area contributed by atoms with E-state index in [1.54, 1.807) is 0 Å². The largest absolute Gasteiger partial charge is 0.479 e. The van der Waals surface area contributed by atoms with E-state index in [1.165, 1.54) is 28.2 Å². The predicted molar refractivity (Wildman–Crippen MR) is 144 cm³/mol. The van der Waals surface area contributed by atoms with Crippen LogP contribution in [0.5, 0.6) is 0 Å². The molecular formula is C21H18N10O7S3. The van der Waals surface area contributed by atoms with Gasteiger partial charge in [0.25, 0.3) is 11.8 Å². The van der Waals surface area contributed by atoms with Gasteiger partial charge in [-0.15, -0.1) is 16.9 Å². The van der Waals surface area contributed by atoms with Crippen LogP contribution in [0.3, 0.4) is 0 Å². The van der Waals surface area contributed by atoms with Crippen LogP contribution < -0.4 is 11.1 Å². The molecule has 2 aliphatic rings. The number of fused-ring (bicyclic) bond motifs is 1. The lowest BCUT2D eigenvalue weighted by atomic mass is 10.0. The highest BCUT2D eigenvalue weighted by molar-refractivity contribution is 8.01. The lowest BCUT2D eigenvalue weighted by Crippen LogP contribution is -2.71. The van der Waals surface area contributed by atoms with Crippen LogP contribution in [0.1, 0.15) is 5.82 Å².